The van der Waals surface area contributed by atoms with Crippen LogP contribution >= 0.6 is 23.1 Å². The lowest BCUT2D eigenvalue weighted by Crippen LogP contribution is -2.79. The smallest absolute Gasteiger partial charge is 0.354 e. The number of aliphatic carboxylic acids is 1. The first-order chi connectivity index (χ1) is 14.9. The van der Waals surface area contributed by atoms with Crippen LogP contribution in [-0.4, -0.2) is 63.1 Å². The summed E-state index contributed by atoms with van der Waals surface area (Å²) in [7, 11) is 0. The van der Waals surface area contributed by atoms with Gasteiger partial charge in [0.2, 0.25) is 12.5 Å². The van der Waals surface area contributed by atoms with E-state index in [4.69, 9.17) is 4.84 Å². The lowest BCUT2D eigenvalue weighted by atomic mass is 9.99. The number of hydrogen-bond donors (Lipinski definition) is 2. The zero-order valence-corrected chi connectivity index (χ0v) is 17.6. The van der Waals surface area contributed by atoms with Gasteiger partial charge in [-0.2, -0.15) is 4.48 Å². The van der Waals surface area contributed by atoms with E-state index in [1.807, 2.05) is 0 Å². The van der Waals surface area contributed by atoms with Gasteiger partial charge in [0, 0.05) is 11.1 Å². The van der Waals surface area contributed by atoms with E-state index in [1.165, 1.54) is 35.5 Å². The molecule has 1 saturated heterocycles. The molecule has 162 valence electrons. The Hall–Kier alpha value is -3.29. The number of anilines is 1. The molecule has 3 atom stereocenters. The van der Waals surface area contributed by atoms with E-state index in [2.05, 4.69) is 33.9 Å². The molecule has 2 aliphatic heterocycles. The number of thioether (sulfide) groups is 1. The molecule has 3 amide bonds. The van der Waals surface area contributed by atoms with E-state index >= 15 is 0 Å². The first kappa shape index (κ1) is 22.4. The Morgan fingerprint density at radius 2 is 2.23 bits per heavy atom. The average molecular weight is 463 g/mol. The van der Waals surface area contributed by atoms with Gasteiger partial charge in [0.25, 0.3) is 5.91 Å². The van der Waals surface area contributed by atoms with Gasteiger partial charge >= 0.3 is 5.91 Å². The number of quaternary nitrogens is 1. The van der Waals surface area contributed by atoms with Crippen molar-refractivity contribution >= 4 is 58.1 Å². The minimum absolute atomic E-state index is 0.0252. The zero-order valence-electron chi connectivity index (χ0n) is 16.0. The fraction of sp³-hybridized carbons (Fsp3) is 0.222. The second kappa shape index (κ2) is 9.24. The number of carboxylic acid groups (broad SMARTS) is 1. The summed E-state index contributed by atoms with van der Waals surface area (Å²) in [4.78, 5) is 57.1. The van der Waals surface area contributed by atoms with Crippen LogP contribution in [0.15, 0.2) is 47.7 Å². The fourth-order valence-electron chi connectivity index (χ4n) is 3.20. The topological polar surface area (TPSA) is 150 Å². The molecule has 31 heavy (non-hydrogen) atoms. The number of fused-ring (bicyclic) bond motifs is 1. The van der Waals surface area contributed by atoms with Gasteiger partial charge in [0.05, 0.1) is 0 Å². The number of aromatic nitrogens is 1. The standard InChI is InChI=1S/C18H17N5O6S2/c1-3-6-29-22-12(10-8-31-18(20-10)19-9-24)14(25)21-13-15(26)23(4-2)11(17(27)28)5-7-30-16(13)23/h3-5,8-9,13,16H,1-2,6-7H2,(H2-,19,20,21,24,25,27,28)/t13?,16-,23?/m0/s1. The lowest BCUT2D eigenvalue weighted by Gasteiger charge is -2.52. The summed E-state index contributed by atoms with van der Waals surface area (Å²) < 4.78 is -0.624. The van der Waals surface area contributed by atoms with Crippen LogP contribution in [0.3, 0.4) is 0 Å². The van der Waals surface area contributed by atoms with Gasteiger partial charge in [-0.1, -0.05) is 29.6 Å². The SMILES string of the molecule is C=CCON=C(C(=O)NC1C(=O)[N+]2(C=C)C(C(=O)[O-])=CCS[C@@H]12)c1csc(NC=O)n1. The first-order valence-electron chi connectivity index (χ1n) is 8.78. The number of carbonyl (C=O) groups excluding carboxylic acids is 4. The Labute approximate surface area is 184 Å². The molecule has 0 aliphatic carbocycles. The Kier molecular flexibility index (Phi) is 6.68. The molecule has 1 aromatic heterocycles. The predicted octanol–water partition coefficient (Wildman–Crippen LogP) is -0.690. The molecular weight excluding hydrogens is 446 g/mol. The average Bonchev–Trinajstić information content (AvgIpc) is 3.22. The molecule has 11 nitrogen and oxygen atoms in total. The van der Waals surface area contributed by atoms with Crippen molar-refractivity contribution in [3.63, 3.8) is 0 Å². The van der Waals surface area contributed by atoms with Crippen LogP contribution < -0.4 is 15.7 Å². The summed E-state index contributed by atoms with van der Waals surface area (Å²) in [5.41, 5.74) is -0.301. The van der Waals surface area contributed by atoms with Crippen molar-refractivity contribution in [1.29, 1.82) is 0 Å². The molecule has 2 N–H and O–H groups in total. The highest BCUT2D eigenvalue weighted by Crippen LogP contribution is 2.46. The normalized spacial score (nSPS) is 24.7. The van der Waals surface area contributed by atoms with E-state index in [-0.39, 0.29) is 28.8 Å². The lowest BCUT2D eigenvalue weighted by molar-refractivity contribution is -0.805. The first-order valence-corrected chi connectivity index (χ1v) is 10.7. The number of amides is 3. The van der Waals surface area contributed by atoms with Crippen molar-refractivity contribution in [2.24, 2.45) is 5.16 Å². The summed E-state index contributed by atoms with van der Waals surface area (Å²) >= 11 is 2.37. The van der Waals surface area contributed by atoms with Gasteiger partial charge < -0.3 is 25.4 Å². The molecule has 0 radical (unpaired) electrons. The Morgan fingerprint density at radius 1 is 1.45 bits per heavy atom. The molecule has 1 aromatic rings. The molecule has 2 aliphatic rings. The minimum atomic E-state index is -1.47. The van der Waals surface area contributed by atoms with Crippen LogP contribution in [0.2, 0.25) is 0 Å². The maximum Gasteiger partial charge on any atom is 0.354 e. The zero-order chi connectivity index (χ0) is 22.6. The van der Waals surface area contributed by atoms with Crippen LogP contribution in [0, 0.1) is 0 Å². The molecule has 3 rings (SSSR count). The largest absolute Gasteiger partial charge is 0.540 e. The van der Waals surface area contributed by atoms with Gasteiger partial charge in [-0.15, -0.1) is 11.3 Å². The van der Waals surface area contributed by atoms with Gasteiger partial charge in [-0.05, 0) is 12.7 Å². The Bertz CT molecular complexity index is 1020. The maximum absolute atomic E-state index is 12.9. The van der Waals surface area contributed by atoms with Crippen molar-refractivity contribution in [3.8, 4) is 0 Å². The quantitative estimate of drug-likeness (QED) is 0.0881. The van der Waals surface area contributed by atoms with Gasteiger partial charge in [-0.25, -0.2) is 9.78 Å². The Morgan fingerprint density at radius 3 is 2.87 bits per heavy atom. The molecule has 0 saturated carbocycles. The maximum atomic E-state index is 12.9. The third kappa shape index (κ3) is 3.89. The second-order valence-corrected chi connectivity index (χ2v) is 8.18. The van der Waals surface area contributed by atoms with Crippen LogP contribution in [-0.2, 0) is 24.0 Å². The molecule has 13 heteroatoms. The van der Waals surface area contributed by atoms with Gasteiger partial charge in [0.1, 0.15) is 24.5 Å². The number of β-lactam (4-membered cyclic amide) rings is 1. The van der Waals surface area contributed by atoms with Crippen molar-refractivity contribution in [2.75, 3.05) is 17.7 Å². The third-order valence-electron chi connectivity index (χ3n) is 4.54. The monoisotopic (exact) mass is 463 g/mol. The minimum Gasteiger partial charge on any atom is -0.540 e. The van der Waals surface area contributed by atoms with Gasteiger partial charge in [0.15, 0.2) is 21.9 Å². The number of rotatable bonds is 10. The summed E-state index contributed by atoms with van der Waals surface area (Å²) in [5, 5.41) is 21.3. The molecule has 0 aromatic carbocycles. The number of thiazole rings is 1. The number of oxime groups is 1. The number of hydrogen-bond acceptors (Lipinski definition) is 10. The van der Waals surface area contributed by atoms with Gasteiger partial charge in [-0.3, -0.25) is 9.59 Å². The fourth-order valence-corrected chi connectivity index (χ4v) is 5.23. The number of nitrogens with zero attached hydrogens (tertiary/aromatic N) is 3. The number of nitrogens with one attached hydrogen (secondary N) is 2. The Balaban J connectivity index is 1.84. The highest BCUT2D eigenvalue weighted by Gasteiger charge is 2.67. The van der Waals surface area contributed by atoms with E-state index < -0.39 is 33.7 Å². The number of carbonyl (C=O) groups is 4. The highest BCUT2D eigenvalue weighted by molar-refractivity contribution is 8.00. The summed E-state index contributed by atoms with van der Waals surface area (Å²) in [6, 6.07) is -0.991. The van der Waals surface area contributed by atoms with Crippen molar-refractivity contribution < 1.29 is 33.6 Å². The number of carboxylic acids is 1. The summed E-state index contributed by atoms with van der Waals surface area (Å²) in [6.07, 6.45) is 4.50. The van der Waals surface area contributed by atoms with Crippen LogP contribution in [0.4, 0.5) is 5.13 Å². The summed E-state index contributed by atoms with van der Waals surface area (Å²) in [6.45, 7) is 7.12. The highest BCUT2D eigenvalue weighted by atomic mass is 32.2. The molecule has 1 fully saturated rings. The van der Waals surface area contributed by atoms with E-state index in [9.17, 15) is 24.3 Å². The van der Waals surface area contributed by atoms with Crippen LogP contribution in [0.1, 0.15) is 5.69 Å². The summed E-state index contributed by atoms with van der Waals surface area (Å²) in [5.74, 6) is -2.46. The van der Waals surface area contributed by atoms with Crippen LogP contribution in [0.25, 0.3) is 0 Å². The van der Waals surface area contributed by atoms with Crippen molar-refractivity contribution in [1.82, 2.24) is 10.3 Å². The van der Waals surface area contributed by atoms with Crippen molar-refractivity contribution in [3.05, 3.63) is 48.3 Å². The molecule has 3 heterocycles. The predicted molar refractivity (Wildman–Crippen MR) is 111 cm³/mol. The molecular formula is C18H17N5O6S2. The molecule has 0 spiro atoms. The molecule has 0 bridgehead atoms. The van der Waals surface area contributed by atoms with Crippen molar-refractivity contribution in [2.45, 2.75) is 11.4 Å². The third-order valence-corrected chi connectivity index (χ3v) is 6.61. The van der Waals surface area contributed by atoms with E-state index in [0.717, 1.165) is 11.3 Å². The van der Waals surface area contributed by atoms with Crippen LogP contribution in [0.5, 0.6) is 0 Å². The second-order valence-electron chi connectivity index (χ2n) is 6.17. The molecule has 2 unspecified atom stereocenters. The van der Waals surface area contributed by atoms with E-state index in [1.54, 1.807) is 0 Å². The van der Waals surface area contributed by atoms with E-state index in [0.29, 0.717) is 12.2 Å².